The number of hydrogen-bond acceptors (Lipinski definition) is 3. The first-order valence-corrected chi connectivity index (χ1v) is 9.28. The minimum absolute atomic E-state index is 0.309. The molecule has 0 saturated carbocycles. The molecule has 0 bridgehead atoms. The normalized spacial score (nSPS) is 31.5. The summed E-state index contributed by atoms with van der Waals surface area (Å²) >= 11 is 0. The van der Waals surface area contributed by atoms with Gasteiger partial charge in [-0.2, -0.15) is 0 Å². The summed E-state index contributed by atoms with van der Waals surface area (Å²) in [6.45, 7) is 6.93. The Bertz CT molecular complexity index is 569. The third-order valence-corrected chi connectivity index (χ3v) is 5.32. The number of halogens is 1. The first kappa shape index (κ1) is 15.3. The van der Waals surface area contributed by atoms with Crippen molar-refractivity contribution in [2.45, 2.75) is 51.5 Å². The molecule has 2 unspecified atom stereocenters. The van der Waals surface area contributed by atoms with Gasteiger partial charge in [0.1, 0.15) is 6.17 Å². The Morgan fingerprint density at radius 1 is 1.17 bits per heavy atom. The van der Waals surface area contributed by atoms with Crippen LogP contribution in [0.1, 0.15) is 35.0 Å². The lowest BCUT2D eigenvalue weighted by Gasteiger charge is -2.41. The van der Waals surface area contributed by atoms with Crippen molar-refractivity contribution in [3.63, 3.8) is 0 Å². The van der Waals surface area contributed by atoms with Crippen molar-refractivity contribution in [2.75, 3.05) is 39.2 Å². The highest BCUT2D eigenvalue weighted by molar-refractivity contribution is 5.14. The summed E-state index contributed by atoms with van der Waals surface area (Å²) < 4.78 is 32.0. The molecule has 2 saturated heterocycles. The fourth-order valence-corrected chi connectivity index (χ4v) is 3.81. The van der Waals surface area contributed by atoms with Crippen molar-refractivity contribution in [1.29, 1.82) is 0 Å². The molecule has 0 amide bonds. The fraction of sp³-hybridized carbons (Fsp3) is 0.700. The van der Waals surface area contributed by atoms with E-state index in [1.54, 1.807) is 0 Å². The van der Waals surface area contributed by atoms with Crippen LogP contribution in [-0.2, 0) is 6.54 Å². The summed E-state index contributed by atoms with van der Waals surface area (Å²) in [5.74, 6) is 0. The first-order chi connectivity index (χ1) is 12.4. The van der Waals surface area contributed by atoms with Crippen molar-refractivity contribution in [2.24, 2.45) is 0 Å². The van der Waals surface area contributed by atoms with Crippen LogP contribution in [0.4, 0.5) is 4.39 Å². The second-order valence-electron chi connectivity index (χ2n) is 7.32. The number of rotatable bonds is 4. The van der Waals surface area contributed by atoms with E-state index in [2.05, 4.69) is 35.8 Å². The van der Waals surface area contributed by atoms with E-state index >= 15 is 0 Å². The lowest BCUT2D eigenvalue weighted by atomic mass is 10.00. The largest absolute Gasteiger partial charge is 0.298 e. The number of benzene rings is 1. The van der Waals surface area contributed by atoms with Crippen LogP contribution < -0.4 is 0 Å². The standard InChI is InChI=1S/C20H32FN3/c1-17(2)24-12-9-20(19(21)16-24)23-11-6-10-22(13-14-23)15-18-7-4-3-5-8-18/h3-5,7-8,17,19-20H,6,9-16H2,1-2H3/i11D2. The van der Waals surface area contributed by atoms with Crippen molar-refractivity contribution in [1.82, 2.24) is 14.7 Å². The van der Waals surface area contributed by atoms with Crippen LogP contribution >= 0.6 is 0 Å². The topological polar surface area (TPSA) is 9.72 Å². The summed E-state index contributed by atoms with van der Waals surface area (Å²) in [6.07, 6.45) is 0.149. The number of alkyl halides is 1. The van der Waals surface area contributed by atoms with Crippen LogP contribution in [0.25, 0.3) is 0 Å². The third-order valence-electron chi connectivity index (χ3n) is 5.32. The average molecular weight is 336 g/mol. The Labute approximate surface area is 149 Å². The molecule has 3 nitrogen and oxygen atoms in total. The maximum atomic E-state index is 14.9. The van der Waals surface area contributed by atoms with Gasteiger partial charge >= 0.3 is 0 Å². The molecule has 1 aromatic carbocycles. The molecule has 24 heavy (non-hydrogen) atoms. The molecule has 0 radical (unpaired) electrons. The summed E-state index contributed by atoms with van der Waals surface area (Å²) in [4.78, 5) is 6.28. The highest BCUT2D eigenvalue weighted by Crippen LogP contribution is 2.23. The predicted octanol–water partition coefficient (Wildman–Crippen LogP) is 3.02. The Hall–Kier alpha value is -0.970. The highest BCUT2D eigenvalue weighted by Gasteiger charge is 2.34. The molecule has 134 valence electrons. The summed E-state index contributed by atoms with van der Waals surface area (Å²) in [5, 5.41) is 0. The van der Waals surface area contributed by atoms with E-state index in [0.717, 1.165) is 19.6 Å². The van der Waals surface area contributed by atoms with Gasteiger partial charge in [-0.3, -0.25) is 14.7 Å². The molecule has 3 rings (SSSR count). The van der Waals surface area contributed by atoms with E-state index < -0.39 is 12.7 Å². The number of piperidine rings is 1. The van der Waals surface area contributed by atoms with Crippen LogP contribution in [0.2, 0.25) is 0 Å². The van der Waals surface area contributed by atoms with E-state index in [1.807, 2.05) is 23.1 Å². The van der Waals surface area contributed by atoms with Gasteiger partial charge in [-0.25, -0.2) is 4.39 Å². The van der Waals surface area contributed by atoms with Gasteiger partial charge < -0.3 is 0 Å². The highest BCUT2D eigenvalue weighted by atomic mass is 19.1. The molecule has 2 heterocycles. The zero-order valence-electron chi connectivity index (χ0n) is 17.0. The quantitative estimate of drug-likeness (QED) is 0.837. The molecule has 2 aliphatic heterocycles. The van der Waals surface area contributed by atoms with Gasteiger partial charge in [-0.1, -0.05) is 30.3 Å². The Balaban J connectivity index is 1.64. The van der Waals surface area contributed by atoms with Crippen molar-refractivity contribution in [3.8, 4) is 0 Å². The van der Waals surface area contributed by atoms with Gasteiger partial charge in [-0.05, 0) is 45.3 Å². The monoisotopic (exact) mass is 335 g/mol. The lowest BCUT2D eigenvalue weighted by molar-refractivity contribution is 0.0240. The van der Waals surface area contributed by atoms with E-state index in [9.17, 15) is 4.39 Å². The summed E-state index contributed by atoms with van der Waals surface area (Å²) in [7, 11) is 0. The number of likely N-dealkylation sites (tertiary alicyclic amines) is 1. The minimum atomic E-state index is -1.44. The van der Waals surface area contributed by atoms with Gasteiger partial charge in [0.25, 0.3) is 0 Å². The molecule has 0 spiro atoms. The molecule has 2 aliphatic rings. The van der Waals surface area contributed by atoms with Crippen LogP contribution in [0.15, 0.2) is 30.3 Å². The Kier molecular flexibility index (Phi) is 5.36. The zero-order valence-corrected chi connectivity index (χ0v) is 15.0. The fourth-order valence-electron chi connectivity index (χ4n) is 3.81. The second-order valence-corrected chi connectivity index (χ2v) is 7.32. The van der Waals surface area contributed by atoms with Gasteiger partial charge in [0, 0.05) is 47.5 Å². The maximum absolute atomic E-state index is 14.9. The minimum Gasteiger partial charge on any atom is -0.298 e. The Morgan fingerprint density at radius 2 is 1.96 bits per heavy atom. The third kappa shape index (κ3) is 4.56. The van der Waals surface area contributed by atoms with E-state index in [0.29, 0.717) is 38.5 Å². The van der Waals surface area contributed by atoms with Crippen molar-refractivity contribution < 1.29 is 7.13 Å². The summed E-state index contributed by atoms with van der Waals surface area (Å²) in [5.41, 5.74) is 1.25. The van der Waals surface area contributed by atoms with Gasteiger partial charge in [0.05, 0.1) is 0 Å². The van der Waals surface area contributed by atoms with E-state index in [-0.39, 0.29) is 6.04 Å². The maximum Gasteiger partial charge on any atom is 0.128 e. The lowest BCUT2D eigenvalue weighted by Crippen LogP contribution is -2.54. The van der Waals surface area contributed by atoms with Crippen molar-refractivity contribution in [3.05, 3.63) is 35.9 Å². The van der Waals surface area contributed by atoms with Gasteiger partial charge in [0.15, 0.2) is 0 Å². The SMILES string of the molecule is [2H]C1([2H])CCN(Cc2ccccc2)CCN1C1CCN(C(C)C)CC1F. The van der Waals surface area contributed by atoms with Gasteiger partial charge in [0.2, 0.25) is 0 Å². The molecule has 2 fully saturated rings. The van der Waals surface area contributed by atoms with Crippen LogP contribution in [0.5, 0.6) is 0 Å². The smallest absolute Gasteiger partial charge is 0.128 e. The average Bonchev–Trinajstić information content (AvgIpc) is 2.75. The van der Waals surface area contributed by atoms with Crippen molar-refractivity contribution >= 4 is 0 Å². The molecule has 0 N–H and O–H groups in total. The van der Waals surface area contributed by atoms with E-state index in [1.165, 1.54) is 5.56 Å². The first-order valence-electron chi connectivity index (χ1n) is 10.3. The Morgan fingerprint density at radius 3 is 2.67 bits per heavy atom. The zero-order chi connectivity index (χ0) is 18.7. The predicted molar refractivity (Wildman–Crippen MR) is 97.9 cm³/mol. The van der Waals surface area contributed by atoms with Crippen LogP contribution in [0.3, 0.4) is 0 Å². The van der Waals surface area contributed by atoms with Crippen LogP contribution in [0, 0.1) is 0 Å². The second kappa shape index (κ2) is 8.41. The molecular formula is C20H32FN3. The van der Waals surface area contributed by atoms with Gasteiger partial charge in [-0.15, -0.1) is 0 Å². The molecule has 2 atom stereocenters. The number of nitrogens with zero attached hydrogens (tertiary/aromatic N) is 3. The molecule has 4 heteroatoms. The van der Waals surface area contributed by atoms with Crippen LogP contribution in [-0.4, -0.2) is 72.2 Å². The molecule has 0 aromatic heterocycles. The molecular weight excluding hydrogens is 301 g/mol. The van der Waals surface area contributed by atoms with E-state index in [4.69, 9.17) is 2.74 Å². The summed E-state index contributed by atoms with van der Waals surface area (Å²) in [6, 6.07) is 10.3. The molecule has 0 aliphatic carbocycles. The molecule has 1 aromatic rings. The number of hydrogen-bond donors (Lipinski definition) is 0.